The normalized spacial score (nSPS) is 11.3. The van der Waals surface area contributed by atoms with Gasteiger partial charge in [-0.05, 0) is 36.8 Å². The minimum absolute atomic E-state index is 0.169. The number of rotatable bonds is 5. The Morgan fingerprint density at radius 3 is 3.10 bits per heavy atom. The summed E-state index contributed by atoms with van der Waals surface area (Å²) in [6.07, 6.45) is 4.49. The van der Waals surface area contributed by atoms with Gasteiger partial charge < -0.3 is 5.11 Å². The summed E-state index contributed by atoms with van der Waals surface area (Å²) in [6, 6.07) is 5.16. The molecule has 0 radical (unpaired) electrons. The highest BCUT2D eigenvalue weighted by molar-refractivity contribution is 9.10. The van der Waals surface area contributed by atoms with Gasteiger partial charge in [0.1, 0.15) is 5.75 Å². The van der Waals surface area contributed by atoms with E-state index >= 15 is 0 Å². The number of nitrogens with one attached hydrogen (secondary N) is 1. The molecule has 2 rings (SSSR count). The van der Waals surface area contributed by atoms with Gasteiger partial charge in [-0.1, -0.05) is 29.3 Å². The lowest BCUT2D eigenvalue weighted by Crippen LogP contribution is -1.99. The molecule has 1 heterocycles. The number of phenolic OH excluding ortho intramolecular Hbond substituents is 1. The van der Waals surface area contributed by atoms with E-state index in [4.69, 9.17) is 12.2 Å². The zero-order valence-electron chi connectivity index (χ0n) is 11.0. The van der Waals surface area contributed by atoms with Gasteiger partial charge in [0.25, 0.3) is 0 Å². The van der Waals surface area contributed by atoms with E-state index in [2.05, 4.69) is 38.2 Å². The number of unbranched alkanes of at least 4 members (excludes halogenated alkanes) is 1. The highest BCUT2D eigenvalue weighted by Gasteiger charge is 2.05. The SMILES string of the molecule is CCCCc1n[nH]c(=S)n1/N=C/c1cc(Br)ccc1O. The molecular weight excluding hydrogens is 340 g/mol. The van der Waals surface area contributed by atoms with Gasteiger partial charge in [0.2, 0.25) is 4.77 Å². The van der Waals surface area contributed by atoms with E-state index in [9.17, 15) is 5.11 Å². The smallest absolute Gasteiger partial charge is 0.216 e. The predicted molar refractivity (Wildman–Crippen MR) is 84.8 cm³/mol. The zero-order valence-corrected chi connectivity index (χ0v) is 13.4. The van der Waals surface area contributed by atoms with Crippen molar-refractivity contribution in [2.45, 2.75) is 26.2 Å². The number of phenols is 1. The number of aromatic hydroxyl groups is 1. The molecule has 2 N–H and O–H groups in total. The van der Waals surface area contributed by atoms with Crippen LogP contribution < -0.4 is 0 Å². The molecule has 0 unspecified atom stereocenters. The molecule has 0 aliphatic carbocycles. The Kier molecular flexibility index (Phi) is 5.08. The molecule has 5 nitrogen and oxygen atoms in total. The number of aromatic nitrogens is 3. The highest BCUT2D eigenvalue weighted by atomic mass is 79.9. The Bertz CT molecular complexity index is 677. The van der Waals surface area contributed by atoms with Crippen LogP contribution in [0.4, 0.5) is 0 Å². The second kappa shape index (κ2) is 6.81. The molecule has 1 aromatic heterocycles. The molecule has 2 aromatic rings. The third-order valence-corrected chi connectivity index (χ3v) is 3.53. The third kappa shape index (κ3) is 3.55. The van der Waals surface area contributed by atoms with Crippen molar-refractivity contribution in [1.82, 2.24) is 14.9 Å². The van der Waals surface area contributed by atoms with Crippen molar-refractivity contribution >= 4 is 34.4 Å². The molecule has 0 bridgehead atoms. The number of H-pyrrole nitrogens is 1. The van der Waals surface area contributed by atoms with Crippen LogP contribution in [0.2, 0.25) is 0 Å². The van der Waals surface area contributed by atoms with E-state index in [1.165, 1.54) is 0 Å². The number of benzene rings is 1. The average Bonchev–Trinajstić information content (AvgIpc) is 2.78. The second-order valence-corrected chi connectivity index (χ2v) is 5.61. The monoisotopic (exact) mass is 354 g/mol. The fraction of sp³-hybridized carbons (Fsp3) is 0.308. The molecule has 20 heavy (non-hydrogen) atoms. The Balaban J connectivity index is 2.29. The fourth-order valence-electron chi connectivity index (χ4n) is 1.69. The van der Waals surface area contributed by atoms with Gasteiger partial charge in [-0.3, -0.25) is 5.10 Å². The third-order valence-electron chi connectivity index (χ3n) is 2.77. The Labute approximate surface area is 130 Å². The standard InChI is InChI=1S/C13H15BrN4OS/c1-2-3-4-12-16-17-13(20)18(12)15-8-9-7-10(14)5-6-11(9)19/h5-8,19H,2-4H2,1H3,(H,17,20)/b15-8+. The molecule has 106 valence electrons. The summed E-state index contributed by atoms with van der Waals surface area (Å²) in [6.45, 7) is 2.12. The van der Waals surface area contributed by atoms with Crippen molar-refractivity contribution < 1.29 is 5.11 Å². The predicted octanol–water partition coefficient (Wildman–Crippen LogP) is 3.63. The molecular formula is C13H15BrN4OS. The van der Waals surface area contributed by atoms with Gasteiger partial charge in [0.05, 0.1) is 6.21 Å². The Morgan fingerprint density at radius 2 is 2.35 bits per heavy atom. The van der Waals surface area contributed by atoms with Crippen LogP contribution in [0, 0.1) is 4.77 Å². The number of aryl methyl sites for hydroxylation is 1. The number of hydrogen-bond acceptors (Lipinski definition) is 4. The van der Waals surface area contributed by atoms with Crippen molar-refractivity contribution in [3.8, 4) is 5.75 Å². The number of halogens is 1. The molecule has 0 aliphatic heterocycles. The van der Waals surface area contributed by atoms with Crippen molar-refractivity contribution in [3.05, 3.63) is 38.8 Å². The highest BCUT2D eigenvalue weighted by Crippen LogP contribution is 2.20. The van der Waals surface area contributed by atoms with Crippen molar-refractivity contribution in [2.24, 2.45) is 5.10 Å². The second-order valence-electron chi connectivity index (χ2n) is 4.31. The maximum Gasteiger partial charge on any atom is 0.216 e. The maximum atomic E-state index is 9.77. The molecule has 0 atom stereocenters. The summed E-state index contributed by atoms with van der Waals surface area (Å²) in [5.74, 6) is 0.963. The summed E-state index contributed by atoms with van der Waals surface area (Å²) in [7, 11) is 0. The van der Waals surface area contributed by atoms with Gasteiger partial charge in [0.15, 0.2) is 5.82 Å². The largest absolute Gasteiger partial charge is 0.507 e. The van der Waals surface area contributed by atoms with E-state index < -0.39 is 0 Å². The van der Waals surface area contributed by atoms with Crippen molar-refractivity contribution in [2.75, 3.05) is 0 Å². The minimum atomic E-state index is 0.169. The molecule has 7 heteroatoms. The summed E-state index contributed by atoms with van der Waals surface area (Å²) >= 11 is 8.52. The molecule has 0 saturated heterocycles. The van der Waals surface area contributed by atoms with E-state index in [1.54, 1.807) is 29.1 Å². The first-order valence-electron chi connectivity index (χ1n) is 6.31. The molecule has 0 aliphatic rings. The quantitative estimate of drug-likeness (QED) is 0.636. The van der Waals surface area contributed by atoms with Gasteiger partial charge in [-0.2, -0.15) is 14.9 Å². The van der Waals surface area contributed by atoms with Crippen LogP contribution in [-0.4, -0.2) is 26.2 Å². The zero-order chi connectivity index (χ0) is 14.5. The van der Waals surface area contributed by atoms with Gasteiger partial charge >= 0.3 is 0 Å². The topological polar surface area (TPSA) is 66.2 Å². The molecule has 1 aromatic carbocycles. The Hall–Kier alpha value is -1.47. The molecule has 0 amide bonds. The first kappa shape index (κ1) is 14.9. The van der Waals surface area contributed by atoms with E-state index in [1.807, 2.05) is 0 Å². The van der Waals surface area contributed by atoms with E-state index in [0.717, 1.165) is 29.6 Å². The lowest BCUT2D eigenvalue weighted by molar-refractivity contribution is 0.474. The molecule has 0 fully saturated rings. The van der Waals surface area contributed by atoms with Crippen LogP contribution in [-0.2, 0) is 6.42 Å². The van der Waals surface area contributed by atoms with Gasteiger partial charge in [-0.25, -0.2) is 0 Å². The number of nitrogens with zero attached hydrogens (tertiary/aromatic N) is 3. The lowest BCUT2D eigenvalue weighted by Gasteiger charge is -2.01. The van der Waals surface area contributed by atoms with E-state index in [-0.39, 0.29) is 5.75 Å². The minimum Gasteiger partial charge on any atom is -0.507 e. The lowest BCUT2D eigenvalue weighted by atomic mass is 10.2. The van der Waals surface area contributed by atoms with Crippen LogP contribution in [0.25, 0.3) is 0 Å². The van der Waals surface area contributed by atoms with Crippen LogP contribution in [0.1, 0.15) is 31.2 Å². The van der Waals surface area contributed by atoms with Crippen LogP contribution >= 0.6 is 28.1 Å². The van der Waals surface area contributed by atoms with Crippen LogP contribution in [0.15, 0.2) is 27.8 Å². The average molecular weight is 355 g/mol. The summed E-state index contributed by atoms with van der Waals surface area (Å²) in [5, 5.41) is 21.0. The fourth-order valence-corrected chi connectivity index (χ4v) is 2.27. The molecule has 0 spiro atoms. The number of aromatic amines is 1. The summed E-state index contributed by atoms with van der Waals surface area (Å²) in [4.78, 5) is 0. The number of hydrogen-bond donors (Lipinski definition) is 2. The first-order valence-corrected chi connectivity index (χ1v) is 7.51. The first-order chi connectivity index (χ1) is 9.61. The van der Waals surface area contributed by atoms with Crippen molar-refractivity contribution in [1.29, 1.82) is 0 Å². The van der Waals surface area contributed by atoms with Crippen LogP contribution in [0.3, 0.4) is 0 Å². The van der Waals surface area contributed by atoms with E-state index in [0.29, 0.717) is 10.3 Å². The van der Waals surface area contributed by atoms with Crippen LogP contribution in [0.5, 0.6) is 5.75 Å². The Morgan fingerprint density at radius 1 is 1.55 bits per heavy atom. The summed E-state index contributed by atoms with van der Waals surface area (Å²) in [5.41, 5.74) is 0.615. The van der Waals surface area contributed by atoms with Crippen molar-refractivity contribution in [3.63, 3.8) is 0 Å². The van der Waals surface area contributed by atoms with Gasteiger partial charge in [-0.15, -0.1) is 0 Å². The maximum absolute atomic E-state index is 9.77. The molecule has 0 saturated carbocycles. The summed E-state index contributed by atoms with van der Waals surface area (Å²) < 4.78 is 2.91. The van der Waals surface area contributed by atoms with Gasteiger partial charge in [0, 0.05) is 16.5 Å².